The molecule has 23 heavy (non-hydrogen) atoms. The number of carbonyl (C=O) groups excluding carboxylic acids is 2. The van der Waals surface area contributed by atoms with Crippen molar-refractivity contribution >= 4 is 23.6 Å². The zero-order valence-corrected chi connectivity index (χ0v) is 14.8. The molecular weight excluding hydrogens is 310 g/mol. The van der Waals surface area contributed by atoms with Crippen molar-refractivity contribution in [2.24, 2.45) is 11.8 Å². The third-order valence-corrected chi connectivity index (χ3v) is 5.51. The zero-order valence-electron chi connectivity index (χ0n) is 14.0. The van der Waals surface area contributed by atoms with Crippen LogP contribution in [0.5, 0.6) is 0 Å². The molecule has 1 N–H and O–H groups in total. The Kier molecular flexibility index (Phi) is 6.51. The minimum atomic E-state index is -0.449. The molecule has 0 heterocycles. The average Bonchev–Trinajstić information content (AvgIpc) is 2.56. The van der Waals surface area contributed by atoms with Gasteiger partial charge in [-0.3, -0.25) is 4.79 Å². The smallest absolute Gasteiger partial charge is 0.339 e. The third-order valence-electron chi connectivity index (χ3n) is 4.71. The van der Waals surface area contributed by atoms with Gasteiger partial charge in [-0.15, -0.1) is 11.8 Å². The summed E-state index contributed by atoms with van der Waals surface area (Å²) in [4.78, 5) is 25.0. The summed E-state index contributed by atoms with van der Waals surface area (Å²) < 4.78 is 5.17. The average molecular weight is 335 g/mol. The van der Waals surface area contributed by atoms with Crippen molar-refractivity contribution in [3.8, 4) is 0 Å². The number of carbonyl (C=O) groups is 2. The fourth-order valence-electron chi connectivity index (χ4n) is 3.06. The van der Waals surface area contributed by atoms with Crippen LogP contribution in [-0.2, 0) is 9.53 Å². The van der Waals surface area contributed by atoms with Gasteiger partial charge in [0.05, 0.1) is 5.56 Å². The maximum absolute atomic E-state index is 12.1. The van der Waals surface area contributed by atoms with Crippen molar-refractivity contribution in [2.75, 3.05) is 12.9 Å². The van der Waals surface area contributed by atoms with Gasteiger partial charge in [0.15, 0.2) is 6.61 Å². The lowest BCUT2D eigenvalue weighted by atomic mass is 9.78. The Bertz CT molecular complexity index is 561. The lowest BCUT2D eigenvalue weighted by Gasteiger charge is -2.34. The van der Waals surface area contributed by atoms with E-state index in [9.17, 15) is 9.59 Å². The van der Waals surface area contributed by atoms with E-state index in [4.69, 9.17) is 4.74 Å². The van der Waals surface area contributed by atoms with E-state index in [1.165, 1.54) is 18.2 Å². The van der Waals surface area contributed by atoms with Gasteiger partial charge in [-0.1, -0.05) is 38.8 Å². The molecule has 4 nitrogen and oxygen atoms in total. The lowest BCUT2D eigenvalue weighted by Crippen LogP contribution is -2.45. The molecule has 0 spiro atoms. The predicted molar refractivity (Wildman–Crippen MR) is 92.6 cm³/mol. The van der Waals surface area contributed by atoms with Crippen molar-refractivity contribution in [2.45, 2.75) is 44.0 Å². The van der Waals surface area contributed by atoms with Crippen LogP contribution in [0.1, 0.15) is 43.5 Å². The molecule has 0 aromatic heterocycles. The fourth-order valence-corrected chi connectivity index (χ4v) is 3.64. The number of hydrogen-bond acceptors (Lipinski definition) is 4. The molecule has 0 saturated heterocycles. The van der Waals surface area contributed by atoms with Gasteiger partial charge in [0.25, 0.3) is 5.91 Å². The summed E-state index contributed by atoms with van der Waals surface area (Å²) in [5.41, 5.74) is 0.507. The molecule has 1 aliphatic carbocycles. The predicted octanol–water partition coefficient (Wildman–Crippen LogP) is 3.51. The molecule has 0 aliphatic heterocycles. The number of esters is 1. The molecule has 0 bridgehead atoms. The van der Waals surface area contributed by atoms with Crippen LogP contribution in [0, 0.1) is 11.8 Å². The fraction of sp³-hybridized carbons (Fsp3) is 0.556. The van der Waals surface area contributed by atoms with E-state index in [0.29, 0.717) is 17.4 Å². The highest BCUT2D eigenvalue weighted by Gasteiger charge is 2.28. The van der Waals surface area contributed by atoms with Crippen LogP contribution in [0.25, 0.3) is 0 Å². The number of thioether (sulfide) groups is 1. The van der Waals surface area contributed by atoms with Crippen LogP contribution in [0.4, 0.5) is 0 Å². The van der Waals surface area contributed by atoms with Crippen molar-refractivity contribution < 1.29 is 14.3 Å². The van der Waals surface area contributed by atoms with Crippen LogP contribution in [0.2, 0.25) is 0 Å². The molecule has 126 valence electrons. The first-order chi connectivity index (χ1) is 11.0. The summed E-state index contributed by atoms with van der Waals surface area (Å²) in [5.74, 6) is 0.409. The quantitative estimate of drug-likeness (QED) is 0.661. The van der Waals surface area contributed by atoms with E-state index < -0.39 is 5.97 Å². The maximum Gasteiger partial charge on any atom is 0.339 e. The normalized spacial score (nSPS) is 24.0. The largest absolute Gasteiger partial charge is 0.452 e. The second-order valence-electron chi connectivity index (χ2n) is 6.22. The van der Waals surface area contributed by atoms with Gasteiger partial charge in [0, 0.05) is 10.9 Å². The van der Waals surface area contributed by atoms with E-state index in [1.807, 2.05) is 18.4 Å². The van der Waals surface area contributed by atoms with Gasteiger partial charge < -0.3 is 10.1 Å². The molecule has 1 aromatic rings. The Balaban J connectivity index is 1.85. The van der Waals surface area contributed by atoms with Gasteiger partial charge in [-0.05, 0) is 36.6 Å². The summed E-state index contributed by atoms with van der Waals surface area (Å²) >= 11 is 1.49. The van der Waals surface area contributed by atoms with Gasteiger partial charge in [0.1, 0.15) is 0 Å². The van der Waals surface area contributed by atoms with Crippen LogP contribution in [0.3, 0.4) is 0 Å². The van der Waals surface area contributed by atoms with Gasteiger partial charge in [-0.2, -0.15) is 0 Å². The topological polar surface area (TPSA) is 55.4 Å². The second kappa shape index (κ2) is 8.39. The maximum atomic E-state index is 12.1. The van der Waals surface area contributed by atoms with Crippen LogP contribution < -0.4 is 5.32 Å². The number of nitrogens with one attached hydrogen (secondary N) is 1. The van der Waals surface area contributed by atoms with E-state index >= 15 is 0 Å². The van der Waals surface area contributed by atoms with E-state index in [0.717, 1.165) is 17.7 Å². The third kappa shape index (κ3) is 4.74. The van der Waals surface area contributed by atoms with Crippen molar-refractivity contribution in [1.82, 2.24) is 5.32 Å². The van der Waals surface area contributed by atoms with Crippen molar-refractivity contribution in [1.29, 1.82) is 0 Å². The Morgan fingerprint density at radius 1 is 1.26 bits per heavy atom. The van der Waals surface area contributed by atoms with Gasteiger partial charge in [-0.25, -0.2) is 4.79 Å². The standard InChI is InChI=1S/C18H25NO3S/c1-12-7-6-9-15(13(12)2)19-17(20)11-22-18(21)14-8-4-5-10-16(14)23-3/h4-5,8,10,12-13,15H,6-7,9,11H2,1-3H3,(H,19,20)/t12-,13-,15-/m1/s1. The molecule has 0 unspecified atom stereocenters. The summed E-state index contributed by atoms with van der Waals surface area (Å²) in [6.07, 6.45) is 5.26. The summed E-state index contributed by atoms with van der Waals surface area (Å²) in [7, 11) is 0. The summed E-state index contributed by atoms with van der Waals surface area (Å²) in [5, 5.41) is 3.01. The number of amides is 1. The van der Waals surface area contributed by atoms with Crippen LogP contribution in [-0.4, -0.2) is 30.8 Å². The molecule has 1 aromatic carbocycles. The molecular formula is C18H25NO3S. The first kappa shape index (κ1) is 17.9. The molecule has 1 amide bonds. The minimum absolute atomic E-state index is 0.184. The first-order valence-electron chi connectivity index (χ1n) is 8.12. The number of benzene rings is 1. The Morgan fingerprint density at radius 3 is 2.74 bits per heavy atom. The van der Waals surface area contributed by atoms with Crippen LogP contribution in [0.15, 0.2) is 29.2 Å². The number of ether oxygens (including phenoxy) is 1. The van der Waals surface area contributed by atoms with Crippen LogP contribution >= 0.6 is 11.8 Å². The van der Waals surface area contributed by atoms with E-state index in [2.05, 4.69) is 19.2 Å². The van der Waals surface area contributed by atoms with Crippen molar-refractivity contribution in [3.63, 3.8) is 0 Å². The van der Waals surface area contributed by atoms with Crippen molar-refractivity contribution in [3.05, 3.63) is 29.8 Å². The van der Waals surface area contributed by atoms with E-state index in [-0.39, 0.29) is 18.6 Å². The first-order valence-corrected chi connectivity index (χ1v) is 9.35. The monoisotopic (exact) mass is 335 g/mol. The Hall–Kier alpha value is -1.49. The van der Waals surface area contributed by atoms with Gasteiger partial charge >= 0.3 is 5.97 Å². The summed E-state index contributed by atoms with van der Waals surface area (Å²) in [6.45, 7) is 4.18. The molecule has 5 heteroatoms. The Labute approximate surface area is 142 Å². The zero-order chi connectivity index (χ0) is 16.8. The lowest BCUT2D eigenvalue weighted by molar-refractivity contribution is -0.125. The molecule has 2 rings (SSSR count). The minimum Gasteiger partial charge on any atom is -0.452 e. The second-order valence-corrected chi connectivity index (χ2v) is 7.07. The Morgan fingerprint density at radius 2 is 2.00 bits per heavy atom. The highest BCUT2D eigenvalue weighted by atomic mass is 32.2. The molecule has 1 aliphatic rings. The molecule has 1 saturated carbocycles. The SMILES string of the molecule is CSc1ccccc1C(=O)OCC(=O)N[C@@H]1CCC[C@@H](C)[C@H]1C. The van der Waals surface area contributed by atoms with Gasteiger partial charge in [0.2, 0.25) is 0 Å². The molecule has 3 atom stereocenters. The summed E-state index contributed by atoms with van der Waals surface area (Å²) in [6, 6.07) is 7.44. The highest BCUT2D eigenvalue weighted by Crippen LogP contribution is 2.29. The molecule has 1 fully saturated rings. The number of hydrogen-bond donors (Lipinski definition) is 1. The highest BCUT2D eigenvalue weighted by molar-refractivity contribution is 7.98. The molecule has 0 radical (unpaired) electrons. The number of rotatable bonds is 5. The van der Waals surface area contributed by atoms with E-state index in [1.54, 1.807) is 12.1 Å².